The second kappa shape index (κ2) is 9.51. The Bertz CT molecular complexity index is 1040. The zero-order valence-corrected chi connectivity index (χ0v) is 16.2. The van der Waals surface area contributed by atoms with Gasteiger partial charge in [-0.2, -0.15) is 13.2 Å². The smallest absolute Gasteiger partial charge is 0.435 e. The highest BCUT2D eigenvalue weighted by Gasteiger charge is 2.42. The Hall–Kier alpha value is -3.54. The maximum atomic E-state index is 13.7. The van der Waals surface area contributed by atoms with Crippen LogP contribution in [0.4, 0.5) is 17.6 Å². The third-order valence-corrected chi connectivity index (χ3v) is 4.04. The Balaban J connectivity index is 1.82. The number of nitrogens with zero attached hydrogens (tertiary/aromatic N) is 4. The zero-order chi connectivity index (χ0) is 22.4. The lowest BCUT2D eigenvalue weighted by Crippen LogP contribution is -2.27. The van der Waals surface area contributed by atoms with Crippen LogP contribution >= 0.6 is 0 Å². The predicted molar refractivity (Wildman–Crippen MR) is 99.1 cm³/mol. The molecule has 1 N–H and O–H groups in total. The summed E-state index contributed by atoms with van der Waals surface area (Å²) in [5.74, 6) is -1.51. The van der Waals surface area contributed by atoms with Crippen molar-refractivity contribution in [2.24, 2.45) is 0 Å². The number of rotatable bonds is 8. The largest absolute Gasteiger partial charge is 0.475 e. The van der Waals surface area contributed by atoms with Gasteiger partial charge in [0.05, 0.1) is 12.3 Å². The molecule has 3 rings (SSSR count). The highest BCUT2D eigenvalue weighted by molar-refractivity contribution is 5.93. The summed E-state index contributed by atoms with van der Waals surface area (Å²) in [6, 6.07) is 7.35. The fraction of sp³-hybridized carbons (Fsp3) is 0.263. The number of amides is 1. The molecule has 2 aromatic heterocycles. The fourth-order valence-electron chi connectivity index (χ4n) is 2.62. The maximum Gasteiger partial charge on any atom is 0.435 e. The molecule has 0 aliphatic rings. The number of nitrogens with one attached hydrogen (secondary N) is 1. The van der Waals surface area contributed by atoms with E-state index in [1.54, 1.807) is 12.1 Å². The van der Waals surface area contributed by atoms with Gasteiger partial charge in [0.15, 0.2) is 11.4 Å². The van der Waals surface area contributed by atoms with E-state index in [-0.39, 0.29) is 24.7 Å². The minimum Gasteiger partial charge on any atom is -0.475 e. The summed E-state index contributed by atoms with van der Waals surface area (Å²) in [5.41, 5.74) is -1.94. The highest BCUT2D eigenvalue weighted by atomic mass is 19.4. The molecule has 0 saturated heterocycles. The van der Waals surface area contributed by atoms with Gasteiger partial charge in [-0.05, 0) is 30.3 Å². The van der Waals surface area contributed by atoms with Gasteiger partial charge in [-0.3, -0.25) is 4.79 Å². The van der Waals surface area contributed by atoms with E-state index in [1.807, 2.05) is 0 Å². The maximum absolute atomic E-state index is 13.7. The van der Waals surface area contributed by atoms with Crippen molar-refractivity contribution in [3.63, 3.8) is 0 Å². The van der Waals surface area contributed by atoms with E-state index >= 15 is 0 Å². The second-order valence-electron chi connectivity index (χ2n) is 6.16. The first-order valence-corrected chi connectivity index (χ1v) is 8.94. The summed E-state index contributed by atoms with van der Waals surface area (Å²) < 4.78 is 64.9. The Morgan fingerprint density at radius 1 is 1.16 bits per heavy atom. The van der Waals surface area contributed by atoms with Crippen molar-refractivity contribution < 1.29 is 31.8 Å². The summed E-state index contributed by atoms with van der Waals surface area (Å²) in [4.78, 5) is 16.5. The van der Waals surface area contributed by atoms with Crippen molar-refractivity contribution in [3.05, 3.63) is 65.4 Å². The average Bonchev–Trinajstić information content (AvgIpc) is 3.19. The summed E-state index contributed by atoms with van der Waals surface area (Å²) in [5, 5.41) is 9.21. The topological polar surface area (TPSA) is 91.2 Å². The first-order chi connectivity index (χ1) is 14.8. The van der Waals surface area contributed by atoms with Crippen molar-refractivity contribution in [1.29, 1.82) is 0 Å². The molecule has 0 fully saturated rings. The Labute approximate surface area is 173 Å². The molecule has 0 saturated carbocycles. The number of methoxy groups -OCH3 is 1. The minimum atomic E-state index is -4.94. The van der Waals surface area contributed by atoms with Crippen molar-refractivity contribution in [1.82, 2.24) is 25.3 Å². The van der Waals surface area contributed by atoms with Crippen LogP contribution in [-0.4, -0.2) is 46.2 Å². The molecular formula is C19H17F4N5O3. The van der Waals surface area contributed by atoms with E-state index in [1.165, 1.54) is 13.3 Å². The molecule has 3 aromatic rings. The normalized spacial score (nSPS) is 11.4. The predicted octanol–water partition coefficient (Wildman–Crippen LogP) is 2.78. The molecule has 1 aromatic carbocycles. The lowest BCUT2D eigenvalue weighted by molar-refractivity contribution is -0.143. The number of alkyl halides is 3. The molecule has 164 valence electrons. The van der Waals surface area contributed by atoms with Crippen LogP contribution in [-0.2, 0) is 17.5 Å². The third-order valence-electron chi connectivity index (χ3n) is 4.04. The number of aromatic nitrogens is 4. The number of ether oxygens (including phenoxy) is 2. The lowest BCUT2D eigenvalue weighted by Gasteiger charge is -2.12. The zero-order valence-electron chi connectivity index (χ0n) is 16.2. The summed E-state index contributed by atoms with van der Waals surface area (Å²) in [6.07, 6.45) is -3.46. The molecule has 12 heteroatoms. The SMILES string of the molecule is COCCOc1ncccc1CNC(=O)c1nnn(-c2ccc(F)cc2)c1C(F)(F)F. The van der Waals surface area contributed by atoms with Crippen molar-refractivity contribution in [2.45, 2.75) is 12.7 Å². The van der Waals surface area contributed by atoms with Crippen LogP contribution in [0.2, 0.25) is 0 Å². The fourth-order valence-corrected chi connectivity index (χ4v) is 2.62. The van der Waals surface area contributed by atoms with Gasteiger partial charge in [0.2, 0.25) is 5.88 Å². The Kier molecular flexibility index (Phi) is 6.80. The van der Waals surface area contributed by atoms with Gasteiger partial charge in [-0.25, -0.2) is 14.1 Å². The number of pyridine rings is 1. The molecule has 8 nitrogen and oxygen atoms in total. The van der Waals surface area contributed by atoms with Gasteiger partial charge in [0.25, 0.3) is 5.91 Å². The quantitative estimate of drug-likeness (QED) is 0.429. The van der Waals surface area contributed by atoms with E-state index in [0.29, 0.717) is 16.9 Å². The molecule has 0 bridgehead atoms. The molecular weight excluding hydrogens is 422 g/mol. The van der Waals surface area contributed by atoms with Gasteiger partial charge in [0, 0.05) is 25.4 Å². The van der Waals surface area contributed by atoms with Gasteiger partial charge >= 0.3 is 6.18 Å². The molecule has 0 radical (unpaired) electrons. The van der Waals surface area contributed by atoms with E-state index in [0.717, 1.165) is 24.3 Å². The highest BCUT2D eigenvalue weighted by Crippen LogP contribution is 2.32. The monoisotopic (exact) mass is 439 g/mol. The van der Waals surface area contributed by atoms with Crippen LogP contribution in [0.1, 0.15) is 21.7 Å². The third kappa shape index (κ3) is 5.34. The van der Waals surface area contributed by atoms with Crippen LogP contribution in [0.25, 0.3) is 5.69 Å². The lowest BCUT2D eigenvalue weighted by atomic mass is 10.2. The molecule has 0 spiro atoms. The first-order valence-electron chi connectivity index (χ1n) is 8.94. The number of carbonyl (C=O) groups is 1. The number of hydrogen-bond acceptors (Lipinski definition) is 6. The minimum absolute atomic E-state index is 0.0960. The molecule has 0 unspecified atom stereocenters. The summed E-state index contributed by atoms with van der Waals surface area (Å²) >= 11 is 0. The van der Waals surface area contributed by atoms with Crippen molar-refractivity contribution >= 4 is 5.91 Å². The number of halogens is 4. The molecule has 0 aliphatic carbocycles. The summed E-state index contributed by atoms with van der Waals surface area (Å²) in [7, 11) is 1.50. The number of hydrogen-bond donors (Lipinski definition) is 1. The van der Waals surface area contributed by atoms with Crippen LogP contribution in [0.3, 0.4) is 0 Å². The summed E-state index contributed by atoms with van der Waals surface area (Å²) in [6.45, 7) is 0.359. The van der Waals surface area contributed by atoms with Crippen LogP contribution < -0.4 is 10.1 Å². The second-order valence-corrected chi connectivity index (χ2v) is 6.16. The Morgan fingerprint density at radius 2 is 1.90 bits per heavy atom. The number of benzene rings is 1. The van der Waals surface area contributed by atoms with Gasteiger partial charge in [0.1, 0.15) is 12.4 Å². The molecule has 0 atom stereocenters. The Morgan fingerprint density at radius 3 is 2.58 bits per heavy atom. The van der Waals surface area contributed by atoms with E-state index < -0.39 is 29.3 Å². The van der Waals surface area contributed by atoms with Crippen molar-refractivity contribution in [3.8, 4) is 11.6 Å². The van der Waals surface area contributed by atoms with Crippen LogP contribution in [0.15, 0.2) is 42.6 Å². The van der Waals surface area contributed by atoms with Crippen LogP contribution in [0, 0.1) is 5.82 Å². The average molecular weight is 439 g/mol. The number of carbonyl (C=O) groups excluding carboxylic acids is 1. The van der Waals surface area contributed by atoms with Gasteiger partial charge in [-0.15, -0.1) is 5.10 Å². The van der Waals surface area contributed by atoms with Crippen molar-refractivity contribution in [2.75, 3.05) is 20.3 Å². The molecule has 2 heterocycles. The standard InChI is InChI=1S/C19H17F4N5O3/c1-30-9-10-31-18-12(3-2-8-24-18)11-25-17(29)15-16(19(21,22)23)28(27-26-15)14-6-4-13(20)5-7-14/h2-8H,9-11H2,1H3,(H,25,29). The van der Waals surface area contributed by atoms with E-state index in [2.05, 4.69) is 20.6 Å². The first kappa shape index (κ1) is 22.2. The van der Waals surface area contributed by atoms with Gasteiger partial charge in [-0.1, -0.05) is 11.3 Å². The van der Waals surface area contributed by atoms with E-state index in [9.17, 15) is 22.4 Å². The van der Waals surface area contributed by atoms with E-state index in [4.69, 9.17) is 9.47 Å². The molecule has 0 aliphatic heterocycles. The van der Waals surface area contributed by atoms with Gasteiger partial charge < -0.3 is 14.8 Å². The molecule has 31 heavy (non-hydrogen) atoms. The molecule has 1 amide bonds. The van der Waals surface area contributed by atoms with Crippen LogP contribution in [0.5, 0.6) is 5.88 Å².